The van der Waals surface area contributed by atoms with Gasteiger partial charge in [0.15, 0.2) is 11.2 Å². The molecule has 1 atom stereocenters. The SMILES string of the molecule is Cc1ccc(C2=NC(C)(C)CN2C(c2nc3nc(Cl)cnc3c(=O)n2Cc2ccccc2)C(C)C)cc1F. The standard InChI is InChI=1S/C29H30ClFN6O/c1-17(2)24(37-16-29(4,5)35-26(37)20-12-11-18(3)21(31)13-20)27-34-25-23(32-14-22(30)33-25)28(38)36(27)15-19-9-7-6-8-10-19/h6-14,17,24H,15-16H2,1-5H3. The van der Waals surface area contributed by atoms with E-state index in [1.807, 2.05) is 50.2 Å². The van der Waals surface area contributed by atoms with Gasteiger partial charge in [-0.25, -0.2) is 19.3 Å². The second kappa shape index (κ2) is 9.91. The fraction of sp³-hybridized carbons (Fsp3) is 0.345. The number of halogens is 2. The summed E-state index contributed by atoms with van der Waals surface area (Å²) in [7, 11) is 0. The van der Waals surface area contributed by atoms with Crippen LogP contribution in [-0.4, -0.2) is 42.3 Å². The minimum Gasteiger partial charge on any atom is -0.344 e. The monoisotopic (exact) mass is 532 g/mol. The zero-order chi connectivity index (χ0) is 27.2. The molecule has 0 aliphatic carbocycles. The predicted molar refractivity (Wildman–Crippen MR) is 148 cm³/mol. The van der Waals surface area contributed by atoms with Crippen LogP contribution in [0.15, 0.2) is 64.5 Å². The molecule has 0 saturated carbocycles. The molecular formula is C29H30ClFN6O. The number of aliphatic imine (C=N–C) groups is 1. The molecule has 7 nitrogen and oxygen atoms in total. The summed E-state index contributed by atoms with van der Waals surface area (Å²) >= 11 is 6.14. The van der Waals surface area contributed by atoms with Crippen molar-refractivity contribution in [3.8, 4) is 0 Å². The van der Waals surface area contributed by atoms with E-state index in [-0.39, 0.29) is 39.7 Å². The van der Waals surface area contributed by atoms with E-state index in [1.54, 1.807) is 17.6 Å². The van der Waals surface area contributed by atoms with Crippen molar-refractivity contribution < 1.29 is 4.39 Å². The van der Waals surface area contributed by atoms with Gasteiger partial charge in [0, 0.05) is 12.1 Å². The van der Waals surface area contributed by atoms with E-state index in [4.69, 9.17) is 21.6 Å². The smallest absolute Gasteiger partial charge is 0.282 e. The second-order valence-electron chi connectivity index (χ2n) is 10.7. The molecule has 0 saturated heterocycles. The number of benzene rings is 2. The van der Waals surface area contributed by atoms with Crippen molar-refractivity contribution in [2.24, 2.45) is 10.9 Å². The number of hydrogen-bond donors (Lipinski definition) is 0. The molecule has 0 amide bonds. The van der Waals surface area contributed by atoms with E-state index in [1.165, 1.54) is 12.3 Å². The van der Waals surface area contributed by atoms with Gasteiger partial charge in [-0.1, -0.05) is 67.9 Å². The Hall–Kier alpha value is -3.65. The van der Waals surface area contributed by atoms with Crippen molar-refractivity contribution in [1.82, 2.24) is 24.4 Å². The van der Waals surface area contributed by atoms with Crippen molar-refractivity contribution in [3.05, 3.63) is 98.6 Å². The summed E-state index contributed by atoms with van der Waals surface area (Å²) in [6, 6.07) is 14.6. The highest BCUT2D eigenvalue weighted by molar-refractivity contribution is 6.29. The largest absolute Gasteiger partial charge is 0.344 e. The highest BCUT2D eigenvalue weighted by Gasteiger charge is 2.40. The van der Waals surface area contributed by atoms with E-state index in [0.717, 1.165) is 5.56 Å². The molecule has 1 aliphatic heterocycles. The predicted octanol–water partition coefficient (Wildman–Crippen LogP) is 5.57. The Morgan fingerprint density at radius 1 is 1.11 bits per heavy atom. The van der Waals surface area contributed by atoms with Crippen molar-refractivity contribution in [2.75, 3.05) is 6.54 Å². The quantitative estimate of drug-likeness (QED) is 0.324. The third-order valence-corrected chi connectivity index (χ3v) is 6.93. The van der Waals surface area contributed by atoms with Gasteiger partial charge in [-0.2, -0.15) is 0 Å². The first-order valence-electron chi connectivity index (χ1n) is 12.6. The Bertz CT molecular complexity index is 1600. The summed E-state index contributed by atoms with van der Waals surface area (Å²) in [5.41, 5.74) is 1.86. The van der Waals surface area contributed by atoms with Crippen LogP contribution in [0.2, 0.25) is 5.15 Å². The topological polar surface area (TPSA) is 76.3 Å². The molecule has 0 radical (unpaired) electrons. The van der Waals surface area contributed by atoms with Gasteiger partial charge in [0.05, 0.1) is 24.3 Å². The van der Waals surface area contributed by atoms with Gasteiger partial charge in [-0.3, -0.25) is 14.4 Å². The fourth-order valence-corrected chi connectivity index (χ4v) is 5.13. The Labute approximate surface area is 226 Å². The first-order chi connectivity index (χ1) is 18.0. The molecule has 3 heterocycles. The van der Waals surface area contributed by atoms with Crippen LogP contribution in [0.5, 0.6) is 0 Å². The highest BCUT2D eigenvalue weighted by atomic mass is 35.5. The van der Waals surface area contributed by atoms with Gasteiger partial charge in [-0.15, -0.1) is 0 Å². The maximum atomic E-state index is 14.6. The maximum Gasteiger partial charge on any atom is 0.282 e. The minimum absolute atomic E-state index is 0.0166. The molecule has 0 spiro atoms. The van der Waals surface area contributed by atoms with Gasteiger partial charge in [0.2, 0.25) is 0 Å². The molecule has 2 aromatic heterocycles. The van der Waals surface area contributed by atoms with Crippen molar-refractivity contribution in [1.29, 1.82) is 0 Å². The van der Waals surface area contributed by atoms with Crippen LogP contribution < -0.4 is 5.56 Å². The van der Waals surface area contributed by atoms with Crippen LogP contribution in [0.4, 0.5) is 4.39 Å². The zero-order valence-electron chi connectivity index (χ0n) is 22.1. The van der Waals surface area contributed by atoms with Crippen molar-refractivity contribution >= 4 is 28.6 Å². The number of rotatable bonds is 6. The van der Waals surface area contributed by atoms with Crippen molar-refractivity contribution in [3.63, 3.8) is 0 Å². The lowest BCUT2D eigenvalue weighted by Crippen LogP contribution is -2.42. The molecule has 1 aliphatic rings. The normalized spacial score (nSPS) is 15.8. The van der Waals surface area contributed by atoms with Crippen molar-refractivity contribution in [2.45, 2.75) is 52.7 Å². The van der Waals surface area contributed by atoms with E-state index >= 15 is 0 Å². The van der Waals surface area contributed by atoms with E-state index in [0.29, 0.717) is 35.9 Å². The lowest BCUT2D eigenvalue weighted by molar-refractivity contribution is 0.225. The fourth-order valence-electron chi connectivity index (χ4n) is 5.00. The lowest BCUT2D eigenvalue weighted by Gasteiger charge is -2.35. The number of fused-ring (bicyclic) bond motifs is 1. The summed E-state index contributed by atoms with van der Waals surface area (Å²) in [6.07, 6.45) is 1.36. The van der Waals surface area contributed by atoms with Crippen LogP contribution in [0, 0.1) is 18.7 Å². The Morgan fingerprint density at radius 2 is 1.84 bits per heavy atom. The highest BCUT2D eigenvalue weighted by Crippen LogP contribution is 2.36. The second-order valence-corrected chi connectivity index (χ2v) is 11.1. The summed E-state index contributed by atoms with van der Waals surface area (Å²) in [6.45, 7) is 10.9. The zero-order valence-corrected chi connectivity index (χ0v) is 22.9. The molecule has 1 unspecified atom stereocenters. The number of hydrogen-bond acceptors (Lipinski definition) is 6. The first-order valence-corrected chi connectivity index (χ1v) is 13.0. The summed E-state index contributed by atoms with van der Waals surface area (Å²) in [5, 5.41) is 0.164. The molecular weight excluding hydrogens is 503 g/mol. The van der Waals surface area contributed by atoms with Crippen LogP contribution >= 0.6 is 11.6 Å². The van der Waals surface area contributed by atoms with Crippen LogP contribution in [0.3, 0.4) is 0 Å². The molecule has 0 N–H and O–H groups in total. The van der Waals surface area contributed by atoms with Crippen LogP contribution in [0.1, 0.15) is 56.3 Å². The number of amidine groups is 1. The third kappa shape index (κ3) is 4.92. The molecule has 5 rings (SSSR count). The Kier molecular flexibility index (Phi) is 6.77. The molecule has 2 aromatic carbocycles. The molecule has 196 valence electrons. The molecule has 9 heteroatoms. The molecule has 0 bridgehead atoms. The third-order valence-electron chi connectivity index (χ3n) is 6.75. The van der Waals surface area contributed by atoms with Gasteiger partial charge >= 0.3 is 0 Å². The van der Waals surface area contributed by atoms with Crippen LogP contribution in [-0.2, 0) is 6.54 Å². The number of aryl methyl sites for hydroxylation is 1. The maximum absolute atomic E-state index is 14.6. The van der Waals surface area contributed by atoms with Crippen LogP contribution in [0.25, 0.3) is 11.2 Å². The van der Waals surface area contributed by atoms with E-state index in [9.17, 15) is 9.18 Å². The minimum atomic E-state index is -0.422. The average molecular weight is 533 g/mol. The summed E-state index contributed by atoms with van der Waals surface area (Å²) < 4.78 is 16.3. The van der Waals surface area contributed by atoms with E-state index < -0.39 is 5.54 Å². The first kappa shape index (κ1) is 26.0. The summed E-state index contributed by atoms with van der Waals surface area (Å²) in [4.78, 5) is 34.5. The summed E-state index contributed by atoms with van der Waals surface area (Å²) in [5.74, 6) is 0.940. The number of nitrogens with zero attached hydrogens (tertiary/aromatic N) is 6. The Morgan fingerprint density at radius 3 is 2.53 bits per heavy atom. The molecule has 4 aromatic rings. The van der Waals surface area contributed by atoms with Gasteiger partial charge in [-0.05, 0) is 43.9 Å². The molecule has 38 heavy (non-hydrogen) atoms. The molecule has 0 fully saturated rings. The average Bonchev–Trinajstić information content (AvgIpc) is 3.18. The van der Waals surface area contributed by atoms with Gasteiger partial charge in [0.25, 0.3) is 5.56 Å². The van der Waals surface area contributed by atoms with E-state index in [2.05, 4.69) is 28.7 Å². The Balaban J connectivity index is 1.73. The van der Waals surface area contributed by atoms with Gasteiger partial charge in [0.1, 0.15) is 22.6 Å². The lowest BCUT2D eigenvalue weighted by atomic mass is 9.98. The van der Waals surface area contributed by atoms with Gasteiger partial charge < -0.3 is 4.90 Å². The number of aromatic nitrogens is 4.